The molecule has 0 aliphatic rings. The van der Waals surface area contributed by atoms with Crippen LogP contribution in [0.15, 0.2) is 6.07 Å². The molecule has 0 aliphatic heterocycles. The molecule has 0 spiro atoms. The van der Waals surface area contributed by atoms with Gasteiger partial charge in [0.05, 0.1) is 0 Å². The van der Waals surface area contributed by atoms with Crippen molar-refractivity contribution in [3.63, 3.8) is 0 Å². The van der Waals surface area contributed by atoms with E-state index in [0.29, 0.717) is 47.7 Å². The highest BCUT2D eigenvalue weighted by molar-refractivity contribution is 7.09. The minimum absolute atomic E-state index is 0.188. The van der Waals surface area contributed by atoms with Crippen LogP contribution in [0.25, 0.3) is 0 Å². The predicted octanol–water partition coefficient (Wildman–Crippen LogP) is 2.24. The van der Waals surface area contributed by atoms with Crippen molar-refractivity contribution in [1.82, 2.24) is 29.7 Å². The number of amides is 2. The van der Waals surface area contributed by atoms with E-state index in [-0.39, 0.29) is 11.8 Å². The van der Waals surface area contributed by atoms with Gasteiger partial charge in [0.15, 0.2) is 0 Å². The van der Waals surface area contributed by atoms with Crippen LogP contribution in [0, 0.1) is 13.8 Å². The molecule has 0 atom stereocenters. The van der Waals surface area contributed by atoms with Gasteiger partial charge in [0.2, 0.25) is 17.0 Å². The van der Waals surface area contributed by atoms with Crippen molar-refractivity contribution in [3.05, 3.63) is 23.3 Å². The molecule has 0 aliphatic carbocycles. The van der Waals surface area contributed by atoms with E-state index in [1.807, 2.05) is 18.7 Å². The molecule has 0 unspecified atom stereocenters. The van der Waals surface area contributed by atoms with Crippen molar-refractivity contribution in [3.8, 4) is 0 Å². The zero-order chi connectivity index (χ0) is 21.4. The topological polar surface area (TPSA) is 124 Å². The molecule has 158 valence electrons. The third kappa shape index (κ3) is 6.71. The van der Waals surface area contributed by atoms with E-state index in [9.17, 15) is 9.59 Å². The number of hydroxylamine groups is 1. The number of hydrogen-bond acceptors (Lipinski definition) is 9. The molecule has 2 heterocycles. The molecule has 0 saturated heterocycles. The van der Waals surface area contributed by atoms with Gasteiger partial charge in [-0.25, -0.2) is 20.4 Å². The molecule has 10 nitrogen and oxygen atoms in total. The van der Waals surface area contributed by atoms with E-state index < -0.39 is 0 Å². The molecule has 0 bridgehead atoms. The molecule has 0 radical (unpaired) electrons. The average molecular weight is 422 g/mol. The number of carbonyl (C=O) groups excluding carboxylic acids is 2. The third-order valence-corrected chi connectivity index (χ3v) is 4.95. The number of aryl methyl sites for hydroxylation is 2. The summed E-state index contributed by atoms with van der Waals surface area (Å²) in [6.07, 6.45) is 3.57. The summed E-state index contributed by atoms with van der Waals surface area (Å²) in [7, 11) is 3.37. The van der Waals surface area contributed by atoms with E-state index in [2.05, 4.69) is 19.3 Å². The number of hydrogen-bond donors (Lipinski definition) is 2. The Kier molecular flexibility index (Phi) is 8.40. The van der Waals surface area contributed by atoms with E-state index in [4.69, 9.17) is 5.21 Å². The smallest absolute Gasteiger partial charge is 0.272 e. The minimum Gasteiger partial charge on any atom is -0.343 e. The first-order valence-electron chi connectivity index (χ1n) is 9.40. The first-order valence-corrected chi connectivity index (χ1v) is 10.2. The van der Waals surface area contributed by atoms with Gasteiger partial charge in [0.1, 0.15) is 11.5 Å². The highest BCUT2D eigenvalue weighted by Crippen LogP contribution is 2.25. The second kappa shape index (κ2) is 10.8. The fourth-order valence-electron chi connectivity index (χ4n) is 2.65. The number of nitrogens with one attached hydrogen (secondary N) is 1. The fraction of sp³-hybridized carbons (Fsp3) is 0.556. The lowest BCUT2D eigenvalue weighted by Crippen LogP contribution is -2.26. The Hall–Kier alpha value is -2.66. The maximum Gasteiger partial charge on any atom is 0.272 e. The van der Waals surface area contributed by atoms with Gasteiger partial charge < -0.3 is 4.90 Å². The lowest BCUT2D eigenvalue weighted by molar-refractivity contribution is -0.129. The van der Waals surface area contributed by atoms with Crippen molar-refractivity contribution in [2.45, 2.75) is 46.0 Å². The Morgan fingerprint density at radius 3 is 2.45 bits per heavy atom. The van der Waals surface area contributed by atoms with Gasteiger partial charge in [-0.1, -0.05) is 12.8 Å². The molecule has 2 amide bonds. The minimum atomic E-state index is -0.373. The molecule has 0 aromatic carbocycles. The molecule has 0 fully saturated rings. The summed E-state index contributed by atoms with van der Waals surface area (Å²) in [5, 5.41) is 9.20. The summed E-state index contributed by atoms with van der Waals surface area (Å²) in [6.45, 7) is 4.26. The standard InChI is InChI=1S/C18H27N7O3S/c1-12-11-14(16(27)24(3)4)21-17(19-12)25(18-20-13(2)23-29-18)10-8-6-5-7-9-15(26)22-28/h11,28H,5-10H2,1-4H3,(H,22,26). The highest BCUT2D eigenvalue weighted by Gasteiger charge is 2.20. The molecule has 2 N–H and O–H groups in total. The molecular formula is C18H27N7O3S. The molecular weight excluding hydrogens is 394 g/mol. The van der Waals surface area contributed by atoms with Crippen LogP contribution in [0.2, 0.25) is 0 Å². The Bertz CT molecular complexity index is 841. The maximum absolute atomic E-state index is 12.4. The van der Waals surface area contributed by atoms with E-state index in [1.165, 1.54) is 16.4 Å². The number of unbranched alkanes of at least 4 members (excludes halogenated alkanes) is 3. The Morgan fingerprint density at radius 1 is 1.10 bits per heavy atom. The van der Waals surface area contributed by atoms with Crippen LogP contribution in [0.1, 0.15) is 54.1 Å². The van der Waals surface area contributed by atoms with Gasteiger partial charge >= 0.3 is 0 Å². The van der Waals surface area contributed by atoms with Gasteiger partial charge in [-0.3, -0.25) is 19.7 Å². The molecule has 11 heteroatoms. The van der Waals surface area contributed by atoms with Crippen molar-refractivity contribution >= 4 is 34.4 Å². The number of anilines is 2. The highest BCUT2D eigenvalue weighted by atomic mass is 32.1. The van der Waals surface area contributed by atoms with Crippen LogP contribution in [-0.2, 0) is 4.79 Å². The maximum atomic E-state index is 12.4. The Morgan fingerprint density at radius 2 is 1.83 bits per heavy atom. The van der Waals surface area contributed by atoms with Gasteiger partial charge in [0.25, 0.3) is 5.91 Å². The van der Waals surface area contributed by atoms with E-state index in [0.717, 1.165) is 19.3 Å². The van der Waals surface area contributed by atoms with E-state index in [1.54, 1.807) is 25.6 Å². The molecule has 2 rings (SSSR count). The van der Waals surface area contributed by atoms with Gasteiger partial charge in [0, 0.05) is 44.3 Å². The third-order valence-electron chi connectivity index (χ3n) is 4.12. The number of aromatic nitrogens is 4. The fourth-order valence-corrected chi connectivity index (χ4v) is 3.35. The monoisotopic (exact) mass is 421 g/mol. The number of carbonyl (C=O) groups is 2. The summed E-state index contributed by atoms with van der Waals surface area (Å²) in [4.78, 5) is 40.2. The Balaban J connectivity index is 2.13. The average Bonchev–Trinajstić information content (AvgIpc) is 3.11. The Labute approximate surface area is 174 Å². The first kappa shape index (κ1) is 22.6. The number of rotatable bonds is 10. The summed E-state index contributed by atoms with van der Waals surface area (Å²) >= 11 is 1.26. The van der Waals surface area contributed by atoms with Crippen LogP contribution in [-0.4, -0.2) is 61.9 Å². The first-order chi connectivity index (χ1) is 13.8. The zero-order valence-corrected chi connectivity index (χ0v) is 18.0. The second-order valence-electron chi connectivity index (χ2n) is 6.87. The van der Waals surface area contributed by atoms with Gasteiger partial charge in [-0.05, 0) is 32.8 Å². The van der Waals surface area contributed by atoms with Crippen LogP contribution < -0.4 is 10.4 Å². The zero-order valence-electron chi connectivity index (χ0n) is 17.2. The van der Waals surface area contributed by atoms with Crippen LogP contribution in [0.4, 0.5) is 11.1 Å². The van der Waals surface area contributed by atoms with Gasteiger partial charge in [-0.15, -0.1) is 0 Å². The SMILES string of the molecule is Cc1cc(C(=O)N(C)C)nc(N(CCCCCCC(=O)NO)c2nc(C)ns2)n1. The largest absolute Gasteiger partial charge is 0.343 e. The molecule has 2 aromatic heterocycles. The van der Waals surface area contributed by atoms with Crippen molar-refractivity contribution in [1.29, 1.82) is 0 Å². The summed E-state index contributed by atoms with van der Waals surface area (Å²) < 4.78 is 4.25. The van der Waals surface area contributed by atoms with Crippen LogP contribution in [0.5, 0.6) is 0 Å². The lowest BCUT2D eigenvalue weighted by atomic mass is 10.1. The predicted molar refractivity (Wildman–Crippen MR) is 109 cm³/mol. The lowest BCUT2D eigenvalue weighted by Gasteiger charge is -2.20. The summed E-state index contributed by atoms with van der Waals surface area (Å²) in [5.74, 6) is 0.530. The summed E-state index contributed by atoms with van der Waals surface area (Å²) in [5.41, 5.74) is 2.67. The summed E-state index contributed by atoms with van der Waals surface area (Å²) in [6, 6.07) is 1.67. The second-order valence-corrected chi connectivity index (χ2v) is 7.60. The quantitative estimate of drug-likeness (QED) is 0.340. The normalized spacial score (nSPS) is 10.7. The van der Waals surface area contributed by atoms with Crippen molar-refractivity contribution in [2.75, 3.05) is 25.5 Å². The molecule has 29 heavy (non-hydrogen) atoms. The van der Waals surface area contributed by atoms with Crippen LogP contribution >= 0.6 is 11.5 Å². The number of nitrogens with zero attached hydrogens (tertiary/aromatic N) is 6. The van der Waals surface area contributed by atoms with Crippen LogP contribution in [0.3, 0.4) is 0 Å². The molecule has 0 saturated carbocycles. The van der Waals surface area contributed by atoms with E-state index >= 15 is 0 Å². The van der Waals surface area contributed by atoms with Crippen molar-refractivity contribution < 1.29 is 14.8 Å². The van der Waals surface area contributed by atoms with Gasteiger partial charge in [-0.2, -0.15) is 4.37 Å². The molecule has 2 aromatic rings. The van der Waals surface area contributed by atoms with Crippen molar-refractivity contribution in [2.24, 2.45) is 0 Å².